The van der Waals surface area contributed by atoms with E-state index < -0.39 is 24.1 Å². The van der Waals surface area contributed by atoms with E-state index in [1.807, 2.05) is 6.07 Å². The van der Waals surface area contributed by atoms with E-state index in [1.54, 1.807) is 6.07 Å². The number of aliphatic hydroxyl groups is 2. The summed E-state index contributed by atoms with van der Waals surface area (Å²) in [6, 6.07) is 3.53. The lowest BCUT2D eigenvalue weighted by atomic mass is 10.2. The molecule has 3 heterocycles. The highest BCUT2D eigenvalue weighted by Crippen LogP contribution is 2.27. The van der Waals surface area contributed by atoms with E-state index >= 15 is 0 Å². The normalized spacial score (nSPS) is 25.1. The third kappa shape index (κ3) is 2.38. The molecular formula is C13H12N4O4. The van der Waals surface area contributed by atoms with Crippen LogP contribution in [0.4, 0.5) is 0 Å². The van der Waals surface area contributed by atoms with Gasteiger partial charge in [-0.2, -0.15) is 10.2 Å². The van der Waals surface area contributed by atoms with Crippen LogP contribution in [0, 0.1) is 11.3 Å². The van der Waals surface area contributed by atoms with E-state index in [1.165, 1.54) is 17.0 Å². The molecule has 8 heteroatoms. The average Bonchev–Trinajstić information content (AvgIpc) is 2.87. The highest BCUT2D eigenvalue weighted by molar-refractivity contribution is 5.74. The van der Waals surface area contributed by atoms with E-state index in [0.29, 0.717) is 10.9 Å². The SMILES string of the molecule is N#Cc1cnc2nc(=O)n(C3C[C@@H](O)C(CO)O3)cc2c1. The first-order valence-corrected chi connectivity index (χ1v) is 6.36. The highest BCUT2D eigenvalue weighted by atomic mass is 16.5. The maximum atomic E-state index is 12.0. The summed E-state index contributed by atoms with van der Waals surface area (Å²) in [4.78, 5) is 19.8. The maximum Gasteiger partial charge on any atom is 0.351 e. The molecule has 0 bridgehead atoms. The molecule has 0 aromatic carbocycles. The topological polar surface area (TPSA) is 121 Å². The monoisotopic (exact) mass is 288 g/mol. The zero-order valence-electron chi connectivity index (χ0n) is 10.9. The molecule has 0 amide bonds. The molecule has 1 aliphatic rings. The van der Waals surface area contributed by atoms with Crippen LogP contribution in [-0.2, 0) is 4.74 Å². The van der Waals surface area contributed by atoms with Gasteiger partial charge in [-0.05, 0) is 6.07 Å². The Kier molecular flexibility index (Phi) is 3.39. The van der Waals surface area contributed by atoms with Crippen molar-refractivity contribution >= 4 is 11.0 Å². The fraction of sp³-hybridized carbons (Fsp3) is 0.385. The Morgan fingerprint density at radius 1 is 1.57 bits per heavy atom. The second-order valence-corrected chi connectivity index (χ2v) is 4.79. The lowest BCUT2D eigenvalue weighted by Crippen LogP contribution is -2.27. The molecule has 108 valence electrons. The molecule has 2 aromatic heterocycles. The van der Waals surface area contributed by atoms with Gasteiger partial charge in [0, 0.05) is 24.2 Å². The molecule has 0 spiro atoms. The van der Waals surface area contributed by atoms with E-state index in [9.17, 15) is 9.90 Å². The Hall–Kier alpha value is -2.34. The second kappa shape index (κ2) is 5.21. The number of nitriles is 1. The van der Waals surface area contributed by atoms with Crippen LogP contribution in [0.5, 0.6) is 0 Å². The summed E-state index contributed by atoms with van der Waals surface area (Å²) < 4.78 is 6.67. The summed E-state index contributed by atoms with van der Waals surface area (Å²) in [5.41, 5.74) is 0.0399. The van der Waals surface area contributed by atoms with Gasteiger partial charge in [0.25, 0.3) is 0 Å². The quantitative estimate of drug-likeness (QED) is 0.749. The first kappa shape index (κ1) is 13.6. The minimum atomic E-state index is -0.842. The molecule has 2 unspecified atom stereocenters. The number of rotatable bonds is 2. The minimum Gasteiger partial charge on any atom is -0.394 e. The van der Waals surface area contributed by atoms with Crippen molar-refractivity contribution in [3.05, 3.63) is 34.5 Å². The van der Waals surface area contributed by atoms with Crippen LogP contribution in [-0.4, -0.2) is 43.6 Å². The van der Waals surface area contributed by atoms with Gasteiger partial charge in [0.2, 0.25) is 0 Å². The van der Waals surface area contributed by atoms with Gasteiger partial charge in [0.05, 0.1) is 18.3 Å². The lowest BCUT2D eigenvalue weighted by molar-refractivity contribution is -0.0457. The standard InChI is InChI=1S/C13H12N4O4/c14-3-7-1-8-5-17(13(20)16-12(8)15-4-7)11-2-9(19)10(6-18)21-11/h1,4-5,9-11,18-19H,2,6H2/t9-,10?,11?/m1/s1. The Labute approximate surface area is 118 Å². The Bertz CT molecular complexity index is 782. The lowest BCUT2D eigenvalue weighted by Gasteiger charge is -2.14. The molecular weight excluding hydrogens is 276 g/mol. The Morgan fingerprint density at radius 2 is 2.38 bits per heavy atom. The van der Waals surface area contributed by atoms with E-state index in [-0.39, 0.29) is 18.7 Å². The van der Waals surface area contributed by atoms with Gasteiger partial charge in [-0.15, -0.1) is 0 Å². The number of aliphatic hydroxyl groups excluding tert-OH is 2. The van der Waals surface area contributed by atoms with Gasteiger partial charge >= 0.3 is 5.69 Å². The number of nitrogens with zero attached hydrogens (tertiary/aromatic N) is 4. The first-order chi connectivity index (χ1) is 10.1. The van der Waals surface area contributed by atoms with Crippen LogP contribution >= 0.6 is 0 Å². The number of hydrogen-bond acceptors (Lipinski definition) is 7. The first-order valence-electron chi connectivity index (χ1n) is 6.36. The summed E-state index contributed by atoms with van der Waals surface area (Å²) in [6.45, 7) is -0.326. The molecule has 0 radical (unpaired) electrons. The van der Waals surface area contributed by atoms with Gasteiger partial charge in [-0.1, -0.05) is 0 Å². The zero-order valence-corrected chi connectivity index (χ0v) is 10.9. The van der Waals surface area contributed by atoms with Crippen molar-refractivity contribution in [3.8, 4) is 6.07 Å². The molecule has 1 fully saturated rings. The van der Waals surface area contributed by atoms with Crippen LogP contribution in [0.25, 0.3) is 11.0 Å². The van der Waals surface area contributed by atoms with Gasteiger partial charge < -0.3 is 14.9 Å². The fourth-order valence-electron chi connectivity index (χ4n) is 2.33. The van der Waals surface area contributed by atoms with E-state index in [0.717, 1.165) is 0 Å². The number of fused-ring (bicyclic) bond motifs is 1. The van der Waals surface area contributed by atoms with Crippen molar-refractivity contribution in [2.24, 2.45) is 0 Å². The smallest absolute Gasteiger partial charge is 0.351 e. The molecule has 2 N–H and O–H groups in total. The van der Waals surface area contributed by atoms with Crippen molar-refractivity contribution in [2.45, 2.75) is 24.9 Å². The fourth-order valence-corrected chi connectivity index (χ4v) is 2.33. The van der Waals surface area contributed by atoms with Crippen LogP contribution < -0.4 is 5.69 Å². The number of aromatic nitrogens is 3. The predicted molar refractivity (Wildman–Crippen MR) is 70.1 cm³/mol. The molecule has 0 saturated carbocycles. The zero-order chi connectivity index (χ0) is 15.0. The van der Waals surface area contributed by atoms with Crippen molar-refractivity contribution in [3.63, 3.8) is 0 Å². The van der Waals surface area contributed by atoms with Gasteiger partial charge in [0.15, 0.2) is 5.65 Å². The number of hydrogen-bond donors (Lipinski definition) is 2. The molecule has 8 nitrogen and oxygen atoms in total. The summed E-state index contributed by atoms with van der Waals surface area (Å²) in [6.07, 6.45) is 0.760. The van der Waals surface area contributed by atoms with Gasteiger partial charge in [0.1, 0.15) is 18.4 Å². The van der Waals surface area contributed by atoms with E-state index in [2.05, 4.69) is 9.97 Å². The minimum absolute atomic E-state index is 0.184. The van der Waals surface area contributed by atoms with Crippen molar-refractivity contribution in [2.75, 3.05) is 6.61 Å². The van der Waals surface area contributed by atoms with Crippen LogP contribution in [0.2, 0.25) is 0 Å². The second-order valence-electron chi connectivity index (χ2n) is 4.79. The van der Waals surface area contributed by atoms with Gasteiger partial charge in [-0.3, -0.25) is 4.57 Å². The third-order valence-corrected chi connectivity index (χ3v) is 3.42. The van der Waals surface area contributed by atoms with Crippen LogP contribution in [0.1, 0.15) is 18.2 Å². The molecule has 3 atom stereocenters. The van der Waals surface area contributed by atoms with Crippen LogP contribution in [0.3, 0.4) is 0 Å². The predicted octanol–water partition coefficient (Wildman–Crippen LogP) is -0.696. The summed E-state index contributed by atoms with van der Waals surface area (Å²) in [7, 11) is 0. The number of ether oxygens (including phenoxy) is 1. The molecule has 0 aliphatic carbocycles. The molecule has 3 rings (SSSR count). The average molecular weight is 288 g/mol. The Morgan fingerprint density at radius 3 is 3.05 bits per heavy atom. The molecule has 1 saturated heterocycles. The van der Waals surface area contributed by atoms with Gasteiger partial charge in [-0.25, -0.2) is 9.78 Å². The summed E-state index contributed by atoms with van der Waals surface area (Å²) >= 11 is 0. The molecule has 2 aromatic rings. The van der Waals surface area contributed by atoms with Crippen molar-refractivity contribution in [1.29, 1.82) is 5.26 Å². The van der Waals surface area contributed by atoms with Crippen molar-refractivity contribution in [1.82, 2.24) is 14.5 Å². The number of pyridine rings is 1. The third-order valence-electron chi connectivity index (χ3n) is 3.42. The molecule has 1 aliphatic heterocycles. The Balaban J connectivity index is 2.05. The van der Waals surface area contributed by atoms with E-state index in [4.69, 9.17) is 15.1 Å². The van der Waals surface area contributed by atoms with Crippen molar-refractivity contribution < 1.29 is 14.9 Å². The maximum absolute atomic E-state index is 12.0. The largest absolute Gasteiger partial charge is 0.394 e. The highest BCUT2D eigenvalue weighted by Gasteiger charge is 2.35. The summed E-state index contributed by atoms with van der Waals surface area (Å²) in [5, 5.41) is 28.2. The summed E-state index contributed by atoms with van der Waals surface area (Å²) in [5.74, 6) is 0. The molecule has 21 heavy (non-hydrogen) atoms. The van der Waals surface area contributed by atoms with Crippen LogP contribution in [0.15, 0.2) is 23.3 Å².